The van der Waals surface area contributed by atoms with Crippen molar-refractivity contribution in [3.8, 4) is 0 Å². The normalized spacial score (nSPS) is 17.6. The summed E-state index contributed by atoms with van der Waals surface area (Å²) in [5.74, 6) is 0.272. The summed E-state index contributed by atoms with van der Waals surface area (Å²) in [6.07, 6.45) is 4.87. The van der Waals surface area contributed by atoms with Crippen LogP contribution in [0.5, 0.6) is 0 Å². The van der Waals surface area contributed by atoms with Crippen LogP contribution in [0.2, 0.25) is 0 Å². The van der Waals surface area contributed by atoms with Gasteiger partial charge in [0.1, 0.15) is 5.82 Å². The zero-order valence-electron chi connectivity index (χ0n) is 8.17. The molecule has 1 aromatic rings. The van der Waals surface area contributed by atoms with Crippen molar-refractivity contribution in [2.24, 2.45) is 0 Å². The van der Waals surface area contributed by atoms with Crippen molar-refractivity contribution in [3.05, 3.63) is 35.1 Å². The first-order chi connectivity index (χ1) is 6.81. The van der Waals surface area contributed by atoms with Gasteiger partial charge in [-0.25, -0.2) is 4.39 Å². The minimum absolute atomic E-state index is 0.212. The molecule has 1 N–H and O–H groups in total. The van der Waals surface area contributed by atoms with Crippen molar-refractivity contribution in [3.63, 3.8) is 0 Å². The number of hydrogen-bond acceptors (Lipinski definition) is 1. The Hall–Kier alpha value is -0.890. The first-order valence-corrected chi connectivity index (χ1v) is 5.20. The van der Waals surface area contributed by atoms with Crippen molar-refractivity contribution in [1.82, 2.24) is 0 Å². The Morgan fingerprint density at radius 1 is 1.29 bits per heavy atom. The molecule has 0 atom stereocenters. The zero-order valence-corrected chi connectivity index (χ0v) is 8.17. The van der Waals surface area contributed by atoms with Crippen LogP contribution in [0.25, 0.3) is 0 Å². The summed E-state index contributed by atoms with van der Waals surface area (Å²) in [5, 5.41) is 8.83. The van der Waals surface area contributed by atoms with Crippen LogP contribution >= 0.6 is 0 Å². The summed E-state index contributed by atoms with van der Waals surface area (Å²) in [5.41, 5.74) is 1.49. The minimum atomic E-state index is -0.267. The van der Waals surface area contributed by atoms with E-state index in [2.05, 4.69) is 0 Å². The van der Waals surface area contributed by atoms with Gasteiger partial charge in [0, 0.05) is 5.56 Å². The van der Waals surface area contributed by atoms with E-state index in [1.54, 1.807) is 12.1 Å². The standard InChI is InChI=1S/C12H15FO/c13-12-7-10(5-6-11(12)8-14)9-3-1-2-4-9/h5-7,9,14H,1-4,8H2. The van der Waals surface area contributed by atoms with Crippen LogP contribution in [0.3, 0.4) is 0 Å². The van der Waals surface area contributed by atoms with Crippen LogP contribution in [0.4, 0.5) is 4.39 Å². The highest BCUT2D eigenvalue weighted by molar-refractivity contribution is 5.27. The number of hydrogen-bond donors (Lipinski definition) is 1. The molecule has 1 nitrogen and oxygen atoms in total. The van der Waals surface area contributed by atoms with Crippen molar-refractivity contribution < 1.29 is 9.50 Å². The topological polar surface area (TPSA) is 20.2 Å². The van der Waals surface area contributed by atoms with E-state index in [9.17, 15) is 4.39 Å². The molecule has 0 aliphatic heterocycles. The predicted molar refractivity (Wildman–Crippen MR) is 53.5 cm³/mol. The van der Waals surface area contributed by atoms with Gasteiger partial charge in [0.05, 0.1) is 6.61 Å². The Balaban J connectivity index is 2.23. The van der Waals surface area contributed by atoms with Gasteiger partial charge in [-0.2, -0.15) is 0 Å². The van der Waals surface area contributed by atoms with Gasteiger partial charge in [-0.05, 0) is 30.4 Å². The smallest absolute Gasteiger partial charge is 0.128 e. The summed E-state index contributed by atoms with van der Waals surface area (Å²) in [6, 6.07) is 5.23. The molecule has 0 bridgehead atoms. The fourth-order valence-electron chi connectivity index (χ4n) is 2.20. The molecular formula is C12H15FO. The molecule has 0 unspecified atom stereocenters. The quantitative estimate of drug-likeness (QED) is 0.767. The summed E-state index contributed by atoms with van der Waals surface area (Å²) in [7, 11) is 0. The second kappa shape index (κ2) is 4.09. The highest BCUT2D eigenvalue weighted by Gasteiger charge is 2.17. The van der Waals surface area contributed by atoms with Gasteiger partial charge < -0.3 is 5.11 Å². The molecule has 1 aliphatic carbocycles. The third kappa shape index (κ3) is 1.80. The zero-order chi connectivity index (χ0) is 9.97. The van der Waals surface area contributed by atoms with Crippen molar-refractivity contribution in [2.75, 3.05) is 0 Å². The molecule has 0 aromatic heterocycles. The Bertz CT molecular complexity index is 316. The lowest BCUT2D eigenvalue weighted by molar-refractivity contribution is 0.275. The molecule has 1 saturated carbocycles. The van der Waals surface area contributed by atoms with E-state index >= 15 is 0 Å². The first-order valence-electron chi connectivity index (χ1n) is 5.20. The first kappa shape index (κ1) is 9.66. The van der Waals surface area contributed by atoms with E-state index in [1.165, 1.54) is 25.7 Å². The van der Waals surface area contributed by atoms with Crippen LogP contribution in [0.1, 0.15) is 42.7 Å². The van der Waals surface area contributed by atoms with Crippen LogP contribution in [0, 0.1) is 5.82 Å². The van der Waals surface area contributed by atoms with E-state index in [-0.39, 0.29) is 12.4 Å². The molecule has 2 heteroatoms. The largest absolute Gasteiger partial charge is 0.392 e. The van der Waals surface area contributed by atoms with Crippen LogP contribution in [0.15, 0.2) is 18.2 Å². The molecule has 0 amide bonds. The van der Waals surface area contributed by atoms with E-state index < -0.39 is 0 Å². The van der Waals surface area contributed by atoms with Crippen LogP contribution in [-0.2, 0) is 6.61 Å². The van der Waals surface area contributed by atoms with Gasteiger partial charge in [0.25, 0.3) is 0 Å². The lowest BCUT2D eigenvalue weighted by Crippen LogP contribution is -1.96. The summed E-state index contributed by atoms with van der Waals surface area (Å²) in [4.78, 5) is 0. The molecule has 2 rings (SSSR count). The molecule has 0 spiro atoms. The number of benzene rings is 1. The second-order valence-corrected chi connectivity index (χ2v) is 3.99. The van der Waals surface area contributed by atoms with Crippen molar-refractivity contribution >= 4 is 0 Å². The fraction of sp³-hybridized carbons (Fsp3) is 0.500. The lowest BCUT2D eigenvalue weighted by Gasteiger charge is -2.10. The number of halogens is 1. The molecule has 0 saturated heterocycles. The molecule has 76 valence electrons. The van der Waals surface area contributed by atoms with Gasteiger partial charge >= 0.3 is 0 Å². The SMILES string of the molecule is OCc1ccc(C2CCCC2)cc1F. The maximum absolute atomic E-state index is 13.3. The fourth-order valence-corrected chi connectivity index (χ4v) is 2.20. The monoisotopic (exact) mass is 194 g/mol. The molecule has 1 aliphatic rings. The Kier molecular flexibility index (Phi) is 2.82. The molecule has 14 heavy (non-hydrogen) atoms. The Morgan fingerprint density at radius 2 is 2.00 bits per heavy atom. The number of rotatable bonds is 2. The maximum Gasteiger partial charge on any atom is 0.128 e. The molecule has 1 fully saturated rings. The summed E-state index contributed by atoms with van der Waals surface area (Å²) < 4.78 is 13.3. The van der Waals surface area contributed by atoms with E-state index in [0.717, 1.165) is 5.56 Å². The van der Waals surface area contributed by atoms with Crippen molar-refractivity contribution in [2.45, 2.75) is 38.2 Å². The lowest BCUT2D eigenvalue weighted by atomic mass is 9.96. The van der Waals surface area contributed by atoms with Crippen molar-refractivity contribution in [1.29, 1.82) is 0 Å². The molecule has 1 aromatic carbocycles. The maximum atomic E-state index is 13.3. The average Bonchev–Trinajstić information content (AvgIpc) is 2.70. The van der Waals surface area contributed by atoms with Gasteiger partial charge in [0.2, 0.25) is 0 Å². The van der Waals surface area contributed by atoms with Gasteiger partial charge in [-0.3, -0.25) is 0 Å². The van der Waals surface area contributed by atoms with Crippen LogP contribution in [-0.4, -0.2) is 5.11 Å². The van der Waals surface area contributed by atoms with Gasteiger partial charge in [-0.15, -0.1) is 0 Å². The van der Waals surface area contributed by atoms with E-state index in [1.807, 2.05) is 6.07 Å². The Morgan fingerprint density at radius 3 is 2.57 bits per heavy atom. The van der Waals surface area contributed by atoms with Gasteiger partial charge in [0.15, 0.2) is 0 Å². The summed E-state index contributed by atoms with van der Waals surface area (Å²) in [6.45, 7) is -0.212. The van der Waals surface area contributed by atoms with Crippen LogP contribution < -0.4 is 0 Å². The molecular weight excluding hydrogens is 179 g/mol. The van der Waals surface area contributed by atoms with E-state index in [4.69, 9.17) is 5.11 Å². The number of aliphatic hydroxyl groups excluding tert-OH is 1. The highest BCUT2D eigenvalue weighted by atomic mass is 19.1. The highest BCUT2D eigenvalue weighted by Crippen LogP contribution is 2.34. The average molecular weight is 194 g/mol. The third-order valence-electron chi connectivity index (χ3n) is 3.07. The summed E-state index contributed by atoms with van der Waals surface area (Å²) >= 11 is 0. The number of aliphatic hydroxyl groups is 1. The molecule has 0 radical (unpaired) electrons. The van der Waals surface area contributed by atoms with E-state index in [0.29, 0.717) is 11.5 Å². The molecule has 0 heterocycles. The third-order valence-corrected chi connectivity index (χ3v) is 3.07. The van der Waals surface area contributed by atoms with Gasteiger partial charge in [-0.1, -0.05) is 25.0 Å². The Labute approximate surface area is 83.6 Å². The predicted octanol–water partition coefficient (Wildman–Crippen LogP) is 2.98. The second-order valence-electron chi connectivity index (χ2n) is 3.99. The minimum Gasteiger partial charge on any atom is -0.392 e.